The zero-order valence-electron chi connectivity index (χ0n) is 16.0. The molecule has 2 N–H and O–H groups in total. The molecule has 8 nitrogen and oxygen atoms in total. The minimum atomic E-state index is -5.26. The molecule has 0 aliphatic carbocycles. The van der Waals surface area contributed by atoms with Crippen LogP contribution in [0.25, 0.3) is 0 Å². The van der Waals surface area contributed by atoms with Crippen molar-refractivity contribution in [3.05, 3.63) is 0 Å². The highest BCUT2D eigenvalue weighted by molar-refractivity contribution is 7.90. The molecular formula is C16H28F3N5O3S. The van der Waals surface area contributed by atoms with E-state index in [1.165, 1.54) is 0 Å². The minimum Gasteiger partial charge on any atom is -0.357 e. The van der Waals surface area contributed by atoms with Crippen LogP contribution < -0.4 is 10.6 Å². The van der Waals surface area contributed by atoms with Crippen molar-refractivity contribution in [2.45, 2.75) is 50.6 Å². The molecule has 1 amide bonds. The summed E-state index contributed by atoms with van der Waals surface area (Å²) in [6.45, 7) is 4.12. The Hall–Kier alpha value is -1.56. The summed E-state index contributed by atoms with van der Waals surface area (Å²) in [6.07, 6.45) is 2.76. The van der Waals surface area contributed by atoms with Crippen LogP contribution >= 0.6 is 0 Å². The summed E-state index contributed by atoms with van der Waals surface area (Å²) in [5, 5.41) is 6.24. The largest absolute Gasteiger partial charge is 0.511 e. The Morgan fingerprint density at radius 3 is 2.46 bits per heavy atom. The lowest BCUT2D eigenvalue weighted by Crippen LogP contribution is -2.51. The van der Waals surface area contributed by atoms with Crippen molar-refractivity contribution >= 4 is 21.9 Å². The molecule has 0 aromatic heterocycles. The van der Waals surface area contributed by atoms with E-state index in [2.05, 4.69) is 15.6 Å². The molecule has 2 rings (SSSR count). The number of carbonyl (C=O) groups excluding carboxylic acids is 1. The molecule has 0 unspecified atom stereocenters. The number of rotatable bonds is 7. The summed E-state index contributed by atoms with van der Waals surface area (Å²) in [7, 11) is -5.26. The van der Waals surface area contributed by atoms with E-state index in [1.807, 2.05) is 11.8 Å². The van der Waals surface area contributed by atoms with Gasteiger partial charge in [0.25, 0.3) is 0 Å². The molecule has 12 heteroatoms. The van der Waals surface area contributed by atoms with E-state index in [0.29, 0.717) is 36.3 Å². The number of nitrogens with one attached hydrogen (secondary N) is 2. The van der Waals surface area contributed by atoms with Gasteiger partial charge in [-0.25, -0.2) is 8.42 Å². The highest BCUT2D eigenvalue weighted by atomic mass is 32.2. The Balaban J connectivity index is 1.80. The number of nitrogens with zero attached hydrogens (tertiary/aromatic N) is 3. The van der Waals surface area contributed by atoms with Crippen LogP contribution in [0.3, 0.4) is 0 Å². The third-order valence-corrected chi connectivity index (χ3v) is 6.43. The number of likely N-dealkylation sites (tertiary alicyclic amines) is 1. The fraction of sp³-hybridized carbons (Fsp3) is 0.875. The number of alkyl halides is 3. The predicted molar refractivity (Wildman–Crippen MR) is 99.1 cm³/mol. The van der Waals surface area contributed by atoms with Crippen LogP contribution in [0.4, 0.5) is 13.2 Å². The fourth-order valence-electron chi connectivity index (χ4n) is 3.29. The van der Waals surface area contributed by atoms with Crippen LogP contribution in [0.5, 0.6) is 0 Å². The SMILES string of the molecule is CCNC(=NCCCN1CCCC1=O)NC1CCN(S(=O)(=O)C(F)(F)F)CC1. The summed E-state index contributed by atoms with van der Waals surface area (Å²) in [6, 6.07) is -0.155. The monoisotopic (exact) mass is 427 g/mol. The van der Waals surface area contributed by atoms with Gasteiger partial charge in [0.2, 0.25) is 5.91 Å². The standard InChI is InChI=1S/C16H28F3N5O3S/c1-2-20-15(21-8-4-10-23-9-3-5-14(23)25)22-13-6-11-24(12-7-13)28(26,27)16(17,18)19/h13H,2-12H2,1H3,(H2,20,21,22). The van der Waals surface area contributed by atoms with Crippen LogP contribution in [0.1, 0.15) is 39.0 Å². The second-order valence-corrected chi connectivity index (χ2v) is 8.80. The highest BCUT2D eigenvalue weighted by Gasteiger charge is 2.50. The quantitative estimate of drug-likeness (QED) is 0.357. The minimum absolute atomic E-state index is 0.155. The number of sulfonamides is 1. The molecule has 2 aliphatic rings. The molecule has 0 saturated carbocycles. The number of carbonyl (C=O) groups is 1. The molecule has 0 spiro atoms. The third-order valence-electron chi connectivity index (χ3n) is 4.80. The van der Waals surface area contributed by atoms with Crippen molar-refractivity contribution in [3.63, 3.8) is 0 Å². The molecule has 2 fully saturated rings. The van der Waals surface area contributed by atoms with E-state index in [-0.39, 0.29) is 37.9 Å². The summed E-state index contributed by atoms with van der Waals surface area (Å²) in [5.41, 5.74) is -5.26. The Morgan fingerprint density at radius 2 is 1.93 bits per heavy atom. The van der Waals surface area contributed by atoms with Crippen LogP contribution in [-0.4, -0.2) is 80.3 Å². The molecule has 0 atom stereocenters. The van der Waals surface area contributed by atoms with Crippen LogP contribution in [0.15, 0.2) is 4.99 Å². The lowest BCUT2D eigenvalue weighted by molar-refractivity contribution is -0.127. The first-order valence-electron chi connectivity index (χ1n) is 9.54. The summed E-state index contributed by atoms with van der Waals surface area (Å²) in [4.78, 5) is 17.8. The fourth-order valence-corrected chi connectivity index (χ4v) is 4.28. The van der Waals surface area contributed by atoms with Crippen molar-refractivity contribution in [1.29, 1.82) is 0 Å². The zero-order valence-corrected chi connectivity index (χ0v) is 16.8. The number of aliphatic imine (C=N–C) groups is 1. The van der Waals surface area contributed by atoms with Gasteiger partial charge in [-0.1, -0.05) is 0 Å². The van der Waals surface area contributed by atoms with E-state index < -0.39 is 15.5 Å². The number of piperidine rings is 1. The topological polar surface area (TPSA) is 94.1 Å². The number of halogens is 3. The van der Waals surface area contributed by atoms with Gasteiger partial charge in [0.15, 0.2) is 5.96 Å². The average Bonchev–Trinajstić information content (AvgIpc) is 3.03. The van der Waals surface area contributed by atoms with Gasteiger partial charge in [0.1, 0.15) is 0 Å². The molecule has 0 aromatic carbocycles. The first-order chi connectivity index (χ1) is 13.1. The molecule has 2 heterocycles. The highest BCUT2D eigenvalue weighted by Crippen LogP contribution is 2.28. The molecule has 28 heavy (non-hydrogen) atoms. The van der Waals surface area contributed by atoms with E-state index in [4.69, 9.17) is 0 Å². The smallest absolute Gasteiger partial charge is 0.357 e. The molecular weight excluding hydrogens is 399 g/mol. The van der Waals surface area contributed by atoms with Gasteiger partial charge in [0.05, 0.1) is 0 Å². The zero-order chi connectivity index (χ0) is 20.8. The molecule has 0 radical (unpaired) electrons. The van der Waals surface area contributed by atoms with Gasteiger partial charge in [-0.3, -0.25) is 9.79 Å². The molecule has 2 saturated heterocycles. The van der Waals surface area contributed by atoms with Crippen molar-refractivity contribution in [3.8, 4) is 0 Å². The second-order valence-electron chi connectivity index (χ2n) is 6.87. The van der Waals surface area contributed by atoms with E-state index >= 15 is 0 Å². The maximum atomic E-state index is 12.6. The maximum Gasteiger partial charge on any atom is 0.511 e. The molecule has 162 valence electrons. The van der Waals surface area contributed by atoms with Crippen LogP contribution in [0.2, 0.25) is 0 Å². The van der Waals surface area contributed by atoms with E-state index in [0.717, 1.165) is 19.4 Å². The second kappa shape index (κ2) is 9.77. The Kier molecular flexibility index (Phi) is 7.93. The third kappa shape index (κ3) is 5.97. The summed E-state index contributed by atoms with van der Waals surface area (Å²) < 4.78 is 61.3. The summed E-state index contributed by atoms with van der Waals surface area (Å²) in [5.74, 6) is 0.724. The Labute approximate surface area is 163 Å². The Morgan fingerprint density at radius 1 is 1.25 bits per heavy atom. The average molecular weight is 427 g/mol. The van der Waals surface area contributed by atoms with Crippen molar-refractivity contribution < 1.29 is 26.4 Å². The van der Waals surface area contributed by atoms with Gasteiger partial charge in [0, 0.05) is 51.7 Å². The maximum absolute atomic E-state index is 12.6. The number of guanidine groups is 1. The molecule has 2 aliphatic heterocycles. The predicted octanol–water partition coefficient (Wildman–Crippen LogP) is 0.868. The molecule has 0 bridgehead atoms. The van der Waals surface area contributed by atoms with Gasteiger partial charge in [-0.15, -0.1) is 0 Å². The first kappa shape index (κ1) is 22.7. The van der Waals surface area contributed by atoms with Crippen molar-refractivity contribution in [1.82, 2.24) is 19.8 Å². The van der Waals surface area contributed by atoms with E-state index in [9.17, 15) is 26.4 Å². The molecule has 0 aromatic rings. The van der Waals surface area contributed by atoms with Crippen molar-refractivity contribution in [2.75, 3.05) is 39.3 Å². The van der Waals surface area contributed by atoms with E-state index in [1.54, 1.807) is 0 Å². The van der Waals surface area contributed by atoms with Gasteiger partial charge in [-0.2, -0.15) is 17.5 Å². The number of hydrogen-bond acceptors (Lipinski definition) is 4. The number of hydrogen-bond donors (Lipinski definition) is 2. The van der Waals surface area contributed by atoms with Crippen LogP contribution in [-0.2, 0) is 14.8 Å². The van der Waals surface area contributed by atoms with Crippen molar-refractivity contribution in [2.24, 2.45) is 4.99 Å². The normalized spacial score (nSPS) is 20.6. The van der Waals surface area contributed by atoms with Crippen LogP contribution in [0, 0.1) is 0 Å². The van der Waals surface area contributed by atoms with Gasteiger partial charge in [-0.05, 0) is 32.6 Å². The summed E-state index contributed by atoms with van der Waals surface area (Å²) >= 11 is 0. The van der Waals surface area contributed by atoms with Gasteiger partial charge < -0.3 is 15.5 Å². The lowest BCUT2D eigenvalue weighted by atomic mass is 10.1. The number of amides is 1. The Bertz CT molecular complexity index is 661. The first-order valence-corrected chi connectivity index (χ1v) is 11.0. The lowest BCUT2D eigenvalue weighted by Gasteiger charge is -2.32. The van der Waals surface area contributed by atoms with Gasteiger partial charge >= 0.3 is 15.5 Å².